The molecular weight excluding hydrogens is 496 g/mol. The van der Waals surface area contributed by atoms with E-state index in [4.69, 9.17) is 0 Å². The van der Waals surface area contributed by atoms with Gasteiger partial charge in [-0.1, -0.05) is 6.92 Å². The van der Waals surface area contributed by atoms with Crippen LogP contribution in [-0.4, -0.2) is 43.6 Å². The summed E-state index contributed by atoms with van der Waals surface area (Å²) in [7, 11) is -2.56. The number of aromatic nitrogens is 5. The maximum Gasteiger partial charge on any atom is 0.446 e. The molecular formula is C18H13F6N5O2S2. The second-order valence-corrected chi connectivity index (χ2v) is 10.2. The minimum absolute atomic E-state index is 0.0446. The lowest BCUT2D eigenvalue weighted by molar-refractivity contribution is -0.137. The Morgan fingerprint density at radius 3 is 2.39 bits per heavy atom. The standard InChI is InChI=1S/C18H13F6N5O2S2/c1-3-33(30,31)16-13(27-12-7-10(4-5-29(12)16)32-18(22,23)24)15-26-11-6-9(17(19,20)21)8-25-14(11)28(15)2/h4-8H,3H2,1-2H3. The van der Waals surface area contributed by atoms with E-state index in [9.17, 15) is 34.8 Å². The molecule has 0 aliphatic rings. The Morgan fingerprint density at radius 1 is 1.09 bits per heavy atom. The van der Waals surface area contributed by atoms with Gasteiger partial charge in [0.15, 0.2) is 26.3 Å². The van der Waals surface area contributed by atoms with E-state index in [1.165, 1.54) is 18.5 Å². The fourth-order valence-corrected chi connectivity index (χ4v) is 4.94. The van der Waals surface area contributed by atoms with Crippen LogP contribution in [0.3, 0.4) is 0 Å². The number of fused-ring (bicyclic) bond motifs is 2. The first-order chi connectivity index (χ1) is 15.2. The van der Waals surface area contributed by atoms with Crippen molar-refractivity contribution in [1.29, 1.82) is 0 Å². The van der Waals surface area contributed by atoms with E-state index in [0.717, 1.165) is 28.8 Å². The van der Waals surface area contributed by atoms with Crippen LogP contribution in [0.2, 0.25) is 0 Å². The molecule has 4 heterocycles. The van der Waals surface area contributed by atoms with E-state index in [1.54, 1.807) is 0 Å². The molecule has 0 saturated carbocycles. The number of pyridine rings is 2. The van der Waals surface area contributed by atoms with Gasteiger partial charge in [-0.3, -0.25) is 4.40 Å². The fourth-order valence-electron chi connectivity index (χ4n) is 3.22. The highest BCUT2D eigenvalue weighted by molar-refractivity contribution is 8.00. The zero-order chi connectivity index (χ0) is 24.3. The molecule has 4 aromatic heterocycles. The normalized spacial score (nSPS) is 13.3. The van der Waals surface area contributed by atoms with Gasteiger partial charge in [-0.15, -0.1) is 0 Å². The highest BCUT2D eigenvalue weighted by Crippen LogP contribution is 2.38. The molecule has 0 radical (unpaired) electrons. The number of halogens is 6. The molecule has 7 nitrogen and oxygen atoms in total. The molecule has 0 saturated heterocycles. The minimum Gasteiger partial charge on any atom is -0.310 e. The van der Waals surface area contributed by atoms with Gasteiger partial charge < -0.3 is 4.57 Å². The molecule has 0 atom stereocenters. The van der Waals surface area contributed by atoms with Gasteiger partial charge in [0.05, 0.1) is 11.3 Å². The van der Waals surface area contributed by atoms with Gasteiger partial charge in [0.25, 0.3) is 0 Å². The molecule has 0 fully saturated rings. The predicted octanol–water partition coefficient (Wildman–Crippen LogP) is 4.71. The van der Waals surface area contributed by atoms with E-state index < -0.39 is 27.1 Å². The number of imidazole rings is 2. The van der Waals surface area contributed by atoms with Crippen molar-refractivity contribution < 1.29 is 34.8 Å². The average molecular weight is 509 g/mol. The molecule has 15 heteroatoms. The molecule has 0 aliphatic carbocycles. The second kappa shape index (κ2) is 7.62. The third-order valence-electron chi connectivity index (χ3n) is 4.71. The van der Waals surface area contributed by atoms with Crippen molar-refractivity contribution in [3.05, 3.63) is 36.2 Å². The lowest BCUT2D eigenvalue weighted by Crippen LogP contribution is -2.09. The van der Waals surface area contributed by atoms with E-state index in [2.05, 4.69) is 15.0 Å². The zero-order valence-electron chi connectivity index (χ0n) is 16.7. The molecule has 4 aromatic rings. The number of alkyl halides is 6. The van der Waals surface area contributed by atoms with Crippen molar-refractivity contribution in [1.82, 2.24) is 23.9 Å². The quantitative estimate of drug-likeness (QED) is 0.293. The summed E-state index contributed by atoms with van der Waals surface area (Å²) in [6.45, 7) is 1.37. The SMILES string of the molecule is CCS(=O)(=O)c1c(-c2nc3cc(C(F)(F)F)cnc3n2C)nc2cc(SC(F)(F)F)ccn12. The van der Waals surface area contributed by atoms with E-state index in [-0.39, 0.29) is 55.8 Å². The molecule has 0 spiro atoms. The second-order valence-electron chi connectivity index (χ2n) is 6.87. The minimum atomic E-state index is -4.66. The first-order valence-electron chi connectivity index (χ1n) is 9.12. The first-order valence-corrected chi connectivity index (χ1v) is 11.6. The van der Waals surface area contributed by atoms with Crippen molar-refractivity contribution >= 4 is 38.4 Å². The van der Waals surface area contributed by atoms with E-state index >= 15 is 0 Å². The van der Waals surface area contributed by atoms with Gasteiger partial charge in [-0.2, -0.15) is 26.3 Å². The Morgan fingerprint density at radius 2 is 1.79 bits per heavy atom. The Bertz CT molecular complexity index is 1490. The van der Waals surface area contributed by atoms with Crippen LogP contribution >= 0.6 is 11.8 Å². The van der Waals surface area contributed by atoms with Gasteiger partial charge in [0, 0.05) is 24.3 Å². The van der Waals surface area contributed by atoms with Gasteiger partial charge >= 0.3 is 11.7 Å². The smallest absolute Gasteiger partial charge is 0.310 e. The number of thioether (sulfide) groups is 1. The Labute approximate surface area is 186 Å². The van der Waals surface area contributed by atoms with Crippen LogP contribution in [0.1, 0.15) is 12.5 Å². The number of hydrogen-bond acceptors (Lipinski definition) is 6. The number of aryl methyl sites for hydroxylation is 1. The summed E-state index contributed by atoms with van der Waals surface area (Å²) in [5.41, 5.74) is -6.01. The molecule has 4 rings (SSSR count). The predicted molar refractivity (Wildman–Crippen MR) is 107 cm³/mol. The van der Waals surface area contributed by atoms with Crippen LogP contribution in [0.25, 0.3) is 28.3 Å². The monoisotopic (exact) mass is 509 g/mol. The third-order valence-corrected chi connectivity index (χ3v) is 7.17. The van der Waals surface area contributed by atoms with Gasteiger partial charge in [0.2, 0.25) is 0 Å². The summed E-state index contributed by atoms with van der Waals surface area (Å²) in [5.74, 6) is -0.453. The average Bonchev–Trinajstić information content (AvgIpc) is 3.23. The molecule has 0 aliphatic heterocycles. The summed E-state index contributed by atoms with van der Waals surface area (Å²) < 4.78 is 106. The molecule has 0 unspecified atom stereocenters. The topological polar surface area (TPSA) is 82.1 Å². The Balaban J connectivity index is 1.99. The van der Waals surface area contributed by atoms with Crippen LogP contribution in [0.4, 0.5) is 26.3 Å². The van der Waals surface area contributed by atoms with Crippen molar-refractivity contribution in [2.45, 2.75) is 28.5 Å². The largest absolute Gasteiger partial charge is 0.446 e. The molecule has 0 aromatic carbocycles. The Kier molecular flexibility index (Phi) is 5.39. The molecule has 176 valence electrons. The Hall–Kier alpha value is -2.81. The van der Waals surface area contributed by atoms with Crippen molar-refractivity contribution in [2.75, 3.05) is 5.75 Å². The maximum atomic E-state index is 13.1. The molecule has 0 bridgehead atoms. The lowest BCUT2D eigenvalue weighted by Gasteiger charge is -2.07. The zero-order valence-corrected chi connectivity index (χ0v) is 18.4. The summed E-state index contributed by atoms with van der Waals surface area (Å²) in [4.78, 5) is 11.9. The highest BCUT2D eigenvalue weighted by Gasteiger charge is 2.33. The van der Waals surface area contributed by atoms with Crippen molar-refractivity contribution in [3.63, 3.8) is 0 Å². The molecule has 0 N–H and O–H groups in total. The first kappa shape index (κ1) is 23.4. The fraction of sp³-hybridized carbons (Fsp3) is 0.278. The number of rotatable bonds is 4. The third kappa shape index (κ3) is 4.26. The number of nitrogens with zero attached hydrogens (tertiary/aromatic N) is 5. The van der Waals surface area contributed by atoms with E-state index in [1.807, 2.05) is 0 Å². The van der Waals surface area contributed by atoms with Crippen molar-refractivity contribution in [3.8, 4) is 11.5 Å². The van der Waals surface area contributed by atoms with Crippen LogP contribution in [0, 0.1) is 0 Å². The van der Waals surface area contributed by atoms with Crippen LogP contribution in [0.5, 0.6) is 0 Å². The van der Waals surface area contributed by atoms with Gasteiger partial charge in [-0.05, 0) is 30.0 Å². The number of sulfone groups is 1. The number of hydrogen-bond donors (Lipinski definition) is 0. The van der Waals surface area contributed by atoms with Gasteiger partial charge in [0.1, 0.15) is 16.9 Å². The summed E-state index contributed by atoms with van der Waals surface area (Å²) in [5, 5.41) is -0.335. The maximum absolute atomic E-state index is 13.1. The summed E-state index contributed by atoms with van der Waals surface area (Å²) >= 11 is -0.390. The molecule has 33 heavy (non-hydrogen) atoms. The highest BCUT2D eigenvalue weighted by atomic mass is 32.2. The summed E-state index contributed by atoms with van der Waals surface area (Å²) in [6.07, 6.45) is -2.89. The molecule has 0 amide bonds. The van der Waals surface area contributed by atoms with E-state index in [0.29, 0.717) is 6.20 Å². The summed E-state index contributed by atoms with van der Waals surface area (Å²) in [6, 6.07) is 2.93. The lowest BCUT2D eigenvalue weighted by atomic mass is 10.2. The van der Waals surface area contributed by atoms with Crippen LogP contribution < -0.4 is 0 Å². The van der Waals surface area contributed by atoms with Crippen LogP contribution in [-0.2, 0) is 23.1 Å². The van der Waals surface area contributed by atoms with Crippen molar-refractivity contribution in [2.24, 2.45) is 7.05 Å². The van der Waals surface area contributed by atoms with Gasteiger partial charge in [-0.25, -0.2) is 23.4 Å². The van der Waals surface area contributed by atoms with Crippen LogP contribution in [0.15, 0.2) is 40.5 Å².